The second-order valence-corrected chi connectivity index (χ2v) is 4.33. The number of aromatic hydroxyl groups is 1. The summed E-state index contributed by atoms with van der Waals surface area (Å²) < 4.78 is 0. The molecule has 0 aliphatic rings. The molecule has 1 aromatic heterocycles. The molecule has 22 heavy (non-hydrogen) atoms. The maximum absolute atomic E-state index is 10.7. The lowest BCUT2D eigenvalue weighted by Gasteiger charge is -2.21. The first kappa shape index (κ1) is 15.4. The van der Waals surface area contributed by atoms with Crippen LogP contribution < -0.4 is 4.90 Å². The summed E-state index contributed by atoms with van der Waals surface area (Å²) in [5, 5.41) is 32.0. The average molecular weight is 304 g/mol. The Morgan fingerprint density at radius 2 is 2.05 bits per heavy atom. The number of nitrogens with zero attached hydrogens (tertiary/aromatic N) is 5. The molecule has 9 heteroatoms. The molecular weight excluding hydrogens is 288 g/mol. The molecule has 0 unspecified atom stereocenters. The van der Waals surface area contributed by atoms with Gasteiger partial charge >= 0.3 is 5.97 Å². The van der Waals surface area contributed by atoms with Gasteiger partial charge in [-0.15, -0.1) is 15.3 Å². The maximum atomic E-state index is 10.7. The van der Waals surface area contributed by atoms with Crippen LogP contribution in [0.2, 0.25) is 0 Å². The lowest BCUT2D eigenvalue weighted by molar-refractivity contribution is 0.0684. The predicted molar refractivity (Wildman–Crippen MR) is 79.2 cm³/mol. The van der Waals surface area contributed by atoms with E-state index in [2.05, 4.69) is 30.3 Å². The Bertz CT molecular complexity index is 693. The summed E-state index contributed by atoms with van der Waals surface area (Å²) in [5.74, 6) is -1.71. The van der Waals surface area contributed by atoms with Crippen LogP contribution in [0.25, 0.3) is 0 Å². The van der Waals surface area contributed by atoms with Crippen LogP contribution in [0.5, 0.6) is 5.75 Å². The van der Waals surface area contributed by atoms with Crippen LogP contribution in [0.15, 0.2) is 28.4 Å². The molecule has 0 bridgehead atoms. The highest BCUT2D eigenvalue weighted by molar-refractivity contribution is 5.83. The van der Waals surface area contributed by atoms with Crippen molar-refractivity contribution in [3.63, 3.8) is 0 Å². The van der Waals surface area contributed by atoms with E-state index in [9.17, 15) is 9.90 Å². The molecule has 0 amide bonds. The Kier molecular flexibility index (Phi) is 4.66. The first-order valence-corrected chi connectivity index (χ1v) is 6.70. The normalized spacial score (nSPS) is 11.0. The molecule has 0 fully saturated rings. The second-order valence-electron chi connectivity index (χ2n) is 4.33. The summed E-state index contributed by atoms with van der Waals surface area (Å²) in [6, 6.07) is 5.04. The first-order valence-electron chi connectivity index (χ1n) is 6.70. The van der Waals surface area contributed by atoms with E-state index >= 15 is 0 Å². The molecule has 9 nitrogen and oxygen atoms in total. The van der Waals surface area contributed by atoms with Gasteiger partial charge in [0.1, 0.15) is 11.4 Å². The fraction of sp³-hybridized carbons (Fsp3) is 0.308. The number of azo groups is 1. The number of anilines is 1. The minimum absolute atomic E-state index is 0.0258. The van der Waals surface area contributed by atoms with Crippen LogP contribution in [0.1, 0.15) is 24.5 Å². The van der Waals surface area contributed by atoms with Gasteiger partial charge in [0, 0.05) is 24.8 Å². The zero-order valence-corrected chi connectivity index (χ0v) is 12.2. The molecule has 0 spiro atoms. The number of H-pyrrole nitrogens is 1. The molecule has 0 atom stereocenters. The second kappa shape index (κ2) is 6.66. The third kappa shape index (κ3) is 3.37. The Balaban J connectivity index is 2.18. The van der Waals surface area contributed by atoms with Gasteiger partial charge in [0.15, 0.2) is 0 Å². The number of hydrogen-bond donors (Lipinski definition) is 3. The van der Waals surface area contributed by atoms with E-state index in [4.69, 9.17) is 5.11 Å². The zero-order chi connectivity index (χ0) is 16.1. The van der Waals surface area contributed by atoms with Crippen molar-refractivity contribution in [2.24, 2.45) is 10.2 Å². The number of carbonyl (C=O) groups is 1. The zero-order valence-electron chi connectivity index (χ0n) is 12.2. The topological polar surface area (TPSA) is 127 Å². The van der Waals surface area contributed by atoms with Crippen LogP contribution >= 0.6 is 0 Å². The summed E-state index contributed by atoms with van der Waals surface area (Å²) in [6.45, 7) is 5.70. The Hall–Kier alpha value is -2.97. The van der Waals surface area contributed by atoms with Crippen molar-refractivity contribution in [3.8, 4) is 5.75 Å². The van der Waals surface area contributed by atoms with Crippen molar-refractivity contribution in [2.75, 3.05) is 18.0 Å². The molecule has 0 aliphatic heterocycles. The molecule has 116 valence electrons. The van der Waals surface area contributed by atoms with Gasteiger partial charge in [-0.1, -0.05) is 0 Å². The van der Waals surface area contributed by atoms with Crippen molar-refractivity contribution in [1.82, 2.24) is 15.2 Å². The summed E-state index contributed by atoms with van der Waals surface area (Å²) in [4.78, 5) is 16.3. The number of phenols is 1. The molecule has 0 aliphatic carbocycles. The third-order valence-electron chi connectivity index (χ3n) is 3.01. The Morgan fingerprint density at radius 1 is 1.32 bits per heavy atom. The number of aromatic nitrogens is 3. The van der Waals surface area contributed by atoms with Crippen LogP contribution in [-0.4, -0.2) is 44.5 Å². The SMILES string of the molecule is CCN(CC)c1ccc(N=Nc2n[nH]c(C(=O)O)n2)c(O)c1. The summed E-state index contributed by atoms with van der Waals surface area (Å²) in [6.07, 6.45) is 0. The molecule has 0 radical (unpaired) electrons. The van der Waals surface area contributed by atoms with Crippen molar-refractivity contribution in [2.45, 2.75) is 13.8 Å². The fourth-order valence-electron chi connectivity index (χ4n) is 1.87. The number of rotatable bonds is 6. The minimum atomic E-state index is -1.24. The van der Waals surface area contributed by atoms with E-state index in [0.29, 0.717) is 0 Å². The highest BCUT2D eigenvalue weighted by Crippen LogP contribution is 2.31. The monoisotopic (exact) mass is 304 g/mol. The quantitative estimate of drug-likeness (QED) is 0.703. The first-order chi connectivity index (χ1) is 10.5. The van der Waals surface area contributed by atoms with Crippen LogP contribution in [0.3, 0.4) is 0 Å². The average Bonchev–Trinajstić information content (AvgIpc) is 2.97. The molecule has 0 saturated carbocycles. The lowest BCUT2D eigenvalue weighted by atomic mass is 10.2. The largest absolute Gasteiger partial charge is 0.506 e. The number of hydrogen-bond acceptors (Lipinski definition) is 7. The molecule has 1 aromatic carbocycles. The number of carboxylic acids is 1. The number of nitrogens with one attached hydrogen (secondary N) is 1. The van der Waals surface area contributed by atoms with Crippen molar-refractivity contribution >= 4 is 23.3 Å². The van der Waals surface area contributed by atoms with E-state index in [1.165, 1.54) is 0 Å². The Labute approximate surface area is 126 Å². The molecule has 2 rings (SSSR count). The summed E-state index contributed by atoms with van der Waals surface area (Å²) >= 11 is 0. The highest BCUT2D eigenvalue weighted by Gasteiger charge is 2.10. The van der Waals surface area contributed by atoms with Crippen molar-refractivity contribution in [3.05, 3.63) is 24.0 Å². The number of aromatic carboxylic acids is 1. The standard InChI is InChI=1S/C13H16N6O3/c1-3-19(4-2)8-5-6-9(10(20)7-8)15-17-13-14-11(12(21)22)16-18-13/h5-7,20H,3-4H2,1-2H3,(H,21,22)(H,14,16,18). The van der Waals surface area contributed by atoms with Gasteiger partial charge in [-0.05, 0) is 26.0 Å². The van der Waals surface area contributed by atoms with Crippen LogP contribution in [0.4, 0.5) is 17.3 Å². The molecule has 3 N–H and O–H groups in total. The number of aromatic amines is 1. The lowest BCUT2D eigenvalue weighted by Crippen LogP contribution is -2.21. The number of benzene rings is 1. The van der Waals surface area contributed by atoms with Crippen molar-refractivity contribution < 1.29 is 15.0 Å². The van der Waals surface area contributed by atoms with Crippen LogP contribution in [-0.2, 0) is 0 Å². The van der Waals surface area contributed by atoms with Crippen LogP contribution in [0, 0.1) is 0 Å². The van der Waals surface area contributed by atoms with Crippen molar-refractivity contribution in [1.29, 1.82) is 0 Å². The smallest absolute Gasteiger partial charge is 0.373 e. The van der Waals surface area contributed by atoms with Gasteiger partial charge in [0.05, 0.1) is 0 Å². The predicted octanol–water partition coefficient (Wildman–Crippen LogP) is 2.47. The van der Waals surface area contributed by atoms with Gasteiger partial charge in [-0.25, -0.2) is 4.79 Å². The van der Waals surface area contributed by atoms with E-state index < -0.39 is 5.97 Å². The van der Waals surface area contributed by atoms with Gasteiger partial charge in [-0.3, -0.25) is 5.10 Å². The molecule has 1 heterocycles. The van der Waals surface area contributed by atoms with E-state index in [0.717, 1.165) is 18.8 Å². The third-order valence-corrected chi connectivity index (χ3v) is 3.01. The van der Waals surface area contributed by atoms with Gasteiger partial charge in [0.25, 0.3) is 5.95 Å². The molecule has 2 aromatic rings. The number of carboxylic acid groups (broad SMARTS) is 1. The van der Waals surface area contributed by atoms with Gasteiger partial charge < -0.3 is 15.1 Å². The van der Waals surface area contributed by atoms with E-state index in [1.807, 2.05) is 19.9 Å². The maximum Gasteiger partial charge on any atom is 0.373 e. The summed E-state index contributed by atoms with van der Waals surface area (Å²) in [7, 11) is 0. The highest BCUT2D eigenvalue weighted by atomic mass is 16.4. The summed E-state index contributed by atoms with van der Waals surface area (Å²) in [5.41, 5.74) is 1.13. The Morgan fingerprint density at radius 3 is 2.59 bits per heavy atom. The van der Waals surface area contributed by atoms with E-state index in [-0.39, 0.29) is 23.2 Å². The van der Waals surface area contributed by atoms with Gasteiger partial charge in [-0.2, -0.15) is 4.98 Å². The minimum Gasteiger partial charge on any atom is -0.506 e. The molecular formula is C13H16N6O3. The fourth-order valence-corrected chi connectivity index (χ4v) is 1.87. The number of phenolic OH excluding ortho intramolecular Hbond substituents is 1. The van der Waals surface area contributed by atoms with E-state index in [1.54, 1.807) is 12.1 Å². The van der Waals surface area contributed by atoms with Gasteiger partial charge in [0.2, 0.25) is 5.82 Å². The molecule has 0 saturated heterocycles.